The lowest BCUT2D eigenvalue weighted by Crippen LogP contribution is -2.01. The number of nitrogen functional groups attached to an aromatic ring is 1. The lowest BCUT2D eigenvalue weighted by Gasteiger charge is -2.09. The van der Waals surface area contributed by atoms with Gasteiger partial charge in [-0.2, -0.15) is 5.26 Å². The number of halogens is 1. The number of hydrogen-bond donors (Lipinski definition) is 1. The number of nitrogens with two attached hydrogens (primary N) is 1. The van der Waals surface area contributed by atoms with Crippen LogP contribution in [0.1, 0.15) is 11.1 Å². The summed E-state index contributed by atoms with van der Waals surface area (Å²) in [6, 6.07) is 13.2. The first-order valence-electron chi connectivity index (χ1n) is 5.36. The van der Waals surface area contributed by atoms with Crippen molar-refractivity contribution in [3.63, 3.8) is 0 Å². The molecule has 0 aliphatic rings. The average molecular weight is 242 g/mol. The normalized spacial score (nSPS) is 9.78. The fourth-order valence-electron chi connectivity index (χ4n) is 1.51. The summed E-state index contributed by atoms with van der Waals surface area (Å²) in [5.41, 5.74) is 7.41. The Bertz CT molecular complexity index is 605. The molecule has 2 aromatic carbocycles. The Balaban J connectivity index is 2.12. The van der Waals surface area contributed by atoms with Crippen LogP contribution in [-0.2, 0) is 6.61 Å². The lowest BCUT2D eigenvalue weighted by atomic mass is 10.2. The summed E-state index contributed by atoms with van der Waals surface area (Å²) in [5.74, 6) is -0.444. The molecule has 0 saturated carbocycles. The van der Waals surface area contributed by atoms with Gasteiger partial charge in [0, 0.05) is 11.3 Å². The van der Waals surface area contributed by atoms with E-state index in [-0.39, 0.29) is 17.9 Å². The molecule has 0 spiro atoms. The van der Waals surface area contributed by atoms with Crippen LogP contribution in [0, 0.1) is 17.1 Å². The van der Waals surface area contributed by atoms with Gasteiger partial charge in [-0.15, -0.1) is 0 Å². The van der Waals surface area contributed by atoms with E-state index < -0.39 is 5.82 Å². The molecule has 3 nitrogen and oxygen atoms in total. The van der Waals surface area contributed by atoms with Crippen molar-refractivity contribution in [3.8, 4) is 11.8 Å². The molecule has 0 saturated heterocycles. The van der Waals surface area contributed by atoms with E-state index in [0.717, 1.165) is 11.6 Å². The van der Waals surface area contributed by atoms with Crippen LogP contribution in [0.25, 0.3) is 0 Å². The molecule has 0 aliphatic heterocycles. The Labute approximate surface area is 104 Å². The van der Waals surface area contributed by atoms with Crippen LogP contribution in [0.5, 0.6) is 5.75 Å². The molecule has 4 heteroatoms. The smallest absolute Gasteiger partial charge is 0.166 e. The summed E-state index contributed by atoms with van der Waals surface area (Å²) in [7, 11) is 0. The minimum absolute atomic E-state index is 0.109. The van der Waals surface area contributed by atoms with Crippen LogP contribution < -0.4 is 10.5 Å². The Morgan fingerprint density at radius 3 is 2.67 bits per heavy atom. The van der Waals surface area contributed by atoms with Gasteiger partial charge in [-0.1, -0.05) is 18.2 Å². The van der Waals surface area contributed by atoms with Crippen LogP contribution in [0.4, 0.5) is 10.1 Å². The van der Waals surface area contributed by atoms with E-state index in [9.17, 15) is 4.39 Å². The summed E-state index contributed by atoms with van der Waals surface area (Å²) in [5, 5.41) is 8.62. The van der Waals surface area contributed by atoms with E-state index >= 15 is 0 Å². The molecule has 18 heavy (non-hydrogen) atoms. The quantitative estimate of drug-likeness (QED) is 0.842. The van der Waals surface area contributed by atoms with Crippen molar-refractivity contribution in [2.45, 2.75) is 6.61 Å². The third kappa shape index (κ3) is 2.58. The van der Waals surface area contributed by atoms with Crippen molar-refractivity contribution in [1.29, 1.82) is 5.26 Å². The molecule has 0 bridgehead atoms. The Kier molecular flexibility index (Phi) is 3.44. The Hall–Kier alpha value is -2.54. The number of benzene rings is 2. The van der Waals surface area contributed by atoms with Crippen molar-refractivity contribution in [1.82, 2.24) is 0 Å². The van der Waals surface area contributed by atoms with Gasteiger partial charge in [0.1, 0.15) is 6.61 Å². The van der Waals surface area contributed by atoms with Gasteiger partial charge in [0.15, 0.2) is 11.6 Å². The molecule has 2 rings (SSSR count). The molecule has 0 aromatic heterocycles. The monoisotopic (exact) mass is 242 g/mol. The van der Waals surface area contributed by atoms with Crippen LogP contribution in [-0.4, -0.2) is 0 Å². The molecule has 0 radical (unpaired) electrons. The van der Waals surface area contributed by atoms with E-state index in [4.69, 9.17) is 15.7 Å². The fourth-order valence-corrected chi connectivity index (χ4v) is 1.51. The zero-order valence-corrected chi connectivity index (χ0v) is 9.56. The minimum Gasteiger partial charge on any atom is -0.486 e. The summed E-state index contributed by atoms with van der Waals surface area (Å²) in [6.07, 6.45) is 0. The first-order valence-corrected chi connectivity index (χ1v) is 5.36. The van der Waals surface area contributed by atoms with Crippen molar-refractivity contribution in [2.24, 2.45) is 0 Å². The van der Waals surface area contributed by atoms with Gasteiger partial charge >= 0.3 is 0 Å². The average Bonchev–Trinajstić information content (AvgIpc) is 2.39. The molecular formula is C14H11FN2O. The van der Waals surface area contributed by atoms with E-state index in [1.807, 2.05) is 24.3 Å². The second-order valence-electron chi connectivity index (χ2n) is 3.74. The van der Waals surface area contributed by atoms with Crippen LogP contribution in [0.3, 0.4) is 0 Å². The number of rotatable bonds is 3. The Morgan fingerprint density at radius 1 is 1.22 bits per heavy atom. The molecule has 2 N–H and O–H groups in total. The molecule has 0 aliphatic carbocycles. The van der Waals surface area contributed by atoms with Gasteiger partial charge in [-0.05, 0) is 24.3 Å². The fraction of sp³-hybridized carbons (Fsp3) is 0.0714. The number of nitrogens with zero attached hydrogens (tertiary/aromatic N) is 1. The van der Waals surface area contributed by atoms with E-state index in [2.05, 4.69) is 0 Å². The van der Waals surface area contributed by atoms with Gasteiger partial charge in [0.05, 0.1) is 11.6 Å². The molecule has 0 atom stereocenters. The lowest BCUT2D eigenvalue weighted by molar-refractivity contribution is 0.291. The van der Waals surface area contributed by atoms with Crippen molar-refractivity contribution in [2.75, 3.05) is 5.73 Å². The van der Waals surface area contributed by atoms with Crippen LogP contribution in [0.2, 0.25) is 0 Å². The van der Waals surface area contributed by atoms with E-state index in [0.29, 0.717) is 5.69 Å². The molecule has 0 unspecified atom stereocenters. The van der Waals surface area contributed by atoms with E-state index in [1.54, 1.807) is 6.07 Å². The first kappa shape index (κ1) is 11.9. The largest absolute Gasteiger partial charge is 0.486 e. The standard InChI is InChI=1S/C14H11FN2O/c15-12-7-10(8-16)5-6-14(12)18-9-11-3-1-2-4-13(11)17/h1-7H,9,17H2. The number of anilines is 1. The highest BCUT2D eigenvalue weighted by Gasteiger charge is 2.06. The van der Waals surface area contributed by atoms with Gasteiger partial charge in [0.2, 0.25) is 0 Å². The molecule has 2 aromatic rings. The second-order valence-corrected chi connectivity index (χ2v) is 3.74. The van der Waals surface area contributed by atoms with Gasteiger partial charge in [0.25, 0.3) is 0 Å². The minimum atomic E-state index is -0.552. The summed E-state index contributed by atoms with van der Waals surface area (Å²) in [6.45, 7) is 0.190. The van der Waals surface area contributed by atoms with Crippen LogP contribution >= 0.6 is 0 Å². The number of ether oxygens (including phenoxy) is 1. The summed E-state index contributed by atoms with van der Waals surface area (Å²) >= 11 is 0. The molecule has 90 valence electrons. The van der Waals surface area contributed by atoms with Crippen molar-refractivity contribution >= 4 is 5.69 Å². The predicted octanol–water partition coefficient (Wildman–Crippen LogP) is 2.86. The van der Waals surface area contributed by atoms with Gasteiger partial charge in [-0.3, -0.25) is 0 Å². The SMILES string of the molecule is N#Cc1ccc(OCc2ccccc2N)c(F)c1. The topological polar surface area (TPSA) is 59.0 Å². The zero-order valence-electron chi connectivity index (χ0n) is 9.56. The highest BCUT2D eigenvalue weighted by atomic mass is 19.1. The van der Waals surface area contributed by atoms with Gasteiger partial charge in [-0.25, -0.2) is 4.39 Å². The predicted molar refractivity (Wildman–Crippen MR) is 66.3 cm³/mol. The third-order valence-corrected chi connectivity index (χ3v) is 2.50. The molecule has 0 heterocycles. The highest BCUT2D eigenvalue weighted by molar-refractivity contribution is 5.46. The number of nitriles is 1. The maximum Gasteiger partial charge on any atom is 0.166 e. The first-order chi connectivity index (χ1) is 8.70. The third-order valence-electron chi connectivity index (χ3n) is 2.50. The van der Waals surface area contributed by atoms with Crippen molar-refractivity contribution < 1.29 is 9.13 Å². The second kappa shape index (κ2) is 5.19. The summed E-state index contributed by atoms with van der Waals surface area (Å²) in [4.78, 5) is 0. The number of hydrogen-bond acceptors (Lipinski definition) is 3. The molecule has 0 fully saturated rings. The van der Waals surface area contributed by atoms with E-state index in [1.165, 1.54) is 12.1 Å². The van der Waals surface area contributed by atoms with Gasteiger partial charge < -0.3 is 10.5 Å². The maximum absolute atomic E-state index is 13.5. The van der Waals surface area contributed by atoms with Crippen LogP contribution in [0.15, 0.2) is 42.5 Å². The summed E-state index contributed by atoms with van der Waals surface area (Å²) < 4.78 is 18.9. The molecular weight excluding hydrogens is 231 g/mol. The maximum atomic E-state index is 13.5. The zero-order chi connectivity index (χ0) is 13.0. The van der Waals surface area contributed by atoms with Crippen molar-refractivity contribution in [3.05, 3.63) is 59.4 Å². The number of para-hydroxylation sites is 1. The highest BCUT2D eigenvalue weighted by Crippen LogP contribution is 2.20. The molecule has 0 amide bonds. The Morgan fingerprint density at radius 2 is 2.00 bits per heavy atom.